The van der Waals surface area contributed by atoms with Gasteiger partial charge in [-0.25, -0.2) is 14.2 Å². The van der Waals surface area contributed by atoms with E-state index in [0.717, 1.165) is 36.0 Å². The number of pyridine rings is 2. The quantitative estimate of drug-likeness (QED) is 0.169. The molecule has 0 aliphatic carbocycles. The van der Waals surface area contributed by atoms with Gasteiger partial charge in [0.1, 0.15) is 16.7 Å². The van der Waals surface area contributed by atoms with Gasteiger partial charge in [-0.2, -0.15) is 5.26 Å². The summed E-state index contributed by atoms with van der Waals surface area (Å²) in [5.74, 6) is -0.569. The first-order valence-electron chi connectivity index (χ1n) is 18.9. The molecule has 2 aliphatic heterocycles. The second kappa shape index (κ2) is 14.7. The number of carbonyl (C=O) groups excluding carboxylic acids is 1. The minimum absolute atomic E-state index is 0.00474. The van der Waals surface area contributed by atoms with Crippen LogP contribution in [-0.4, -0.2) is 55.4 Å². The normalized spacial score (nSPS) is 20.4. The molecule has 9 nitrogen and oxygen atoms in total. The summed E-state index contributed by atoms with van der Waals surface area (Å²) in [7, 11) is 0. The van der Waals surface area contributed by atoms with Crippen LogP contribution in [-0.2, 0) is 16.8 Å². The summed E-state index contributed by atoms with van der Waals surface area (Å²) in [6.45, 7) is 14.5. The molecule has 2 aromatic carbocycles. The minimum atomic E-state index is -1.17. The van der Waals surface area contributed by atoms with Crippen molar-refractivity contribution in [3.63, 3.8) is 0 Å². The van der Waals surface area contributed by atoms with Gasteiger partial charge in [-0.1, -0.05) is 42.3 Å². The second-order valence-electron chi connectivity index (χ2n) is 16.5. The van der Waals surface area contributed by atoms with E-state index in [1.807, 2.05) is 32.9 Å². The van der Waals surface area contributed by atoms with E-state index in [0.29, 0.717) is 40.0 Å². The third-order valence-electron chi connectivity index (χ3n) is 10.9. The molecule has 1 amide bonds. The summed E-state index contributed by atoms with van der Waals surface area (Å²) in [4.78, 5) is 25.2. The Bertz CT molecular complexity index is 2330. The van der Waals surface area contributed by atoms with Crippen LogP contribution in [0, 0.1) is 23.1 Å². The lowest BCUT2D eigenvalue weighted by atomic mass is 9.92. The van der Waals surface area contributed by atoms with E-state index >= 15 is 4.39 Å². The lowest BCUT2D eigenvalue weighted by Crippen LogP contribution is -2.40. The van der Waals surface area contributed by atoms with Gasteiger partial charge in [0.2, 0.25) is 0 Å². The number of rotatable bonds is 7. The van der Waals surface area contributed by atoms with Crippen LogP contribution in [0.3, 0.4) is 0 Å². The topological polar surface area (TPSA) is 116 Å². The molecule has 2 saturated heterocycles. The summed E-state index contributed by atoms with van der Waals surface area (Å²) >= 11 is 13.2. The van der Waals surface area contributed by atoms with E-state index in [9.17, 15) is 15.2 Å². The number of carbonyl (C=O) groups is 1. The zero-order valence-electron chi connectivity index (χ0n) is 32.3. The number of likely N-dealkylation sites (tertiary alicyclic amines) is 1. The molecule has 0 unspecified atom stereocenters. The van der Waals surface area contributed by atoms with Crippen molar-refractivity contribution in [2.24, 2.45) is 5.92 Å². The standard InChI is InChI=1S/C43H47Cl2FN6O3/c1-23-22-51(41(53)55-42(3,4)5)24(2)39(23)52-32(31-14-10-18-48-31)20-29-37(26-15-16-33(49-21-26)43(6,7)54)50-38-28(40(29)52)19-25(11-9-17-47)34(36(38)46)27-12-8-13-30(44)35(27)45/h8,12-13,15-16,19-21,23-24,31,39,48,54H,9-11,14,18,22H2,1-7H3/t23-,24-,31-,39+/m1/s1. The van der Waals surface area contributed by atoms with Gasteiger partial charge in [-0.3, -0.25) is 4.98 Å². The van der Waals surface area contributed by atoms with Gasteiger partial charge < -0.3 is 24.6 Å². The van der Waals surface area contributed by atoms with Crippen LogP contribution in [0.1, 0.15) is 96.8 Å². The first kappa shape index (κ1) is 39.0. The first-order chi connectivity index (χ1) is 26.0. The molecule has 12 heteroatoms. The van der Waals surface area contributed by atoms with Crippen molar-refractivity contribution in [2.45, 2.75) is 103 Å². The molecule has 0 spiro atoms. The summed E-state index contributed by atoms with van der Waals surface area (Å²) in [5.41, 5.74) is 3.06. The largest absolute Gasteiger partial charge is 0.444 e. The fourth-order valence-electron chi connectivity index (χ4n) is 8.45. The molecule has 55 heavy (non-hydrogen) atoms. The van der Waals surface area contributed by atoms with Gasteiger partial charge >= 0.3 is 6.09 Å². The molecular weight excluding hydrogens is 738 g/mol. The Morgan fingerprint density at radius 2 is 1.89 bits per heavy atom. The predicted octanol–water partition coefficient (Wildman–Crippen LogP) is 10.3. The maximum absolute atomic E-state index is 17.7. The van der Waals surface area contributed by atoms with Crippen molar-refractivity contribution >= 4 is 51.1 Å². The second-order valence-corrected chi connectivity index (χ2v) is 17.3. The van der Waals surface area contributed by atoms with Crippen molar-refractivity contribution in [1.29, 1.82) is 5.26 Å². The van der Waals surface area contributed by atoms with E-state index in [1.165, 1.54) is 0 Å². The number of amides is 1. The number of hydrogen-bond donors (Lipinski definition) is 2. The average Bonchev–Trinajstić information content (AvgIpc) is 3.85. The lowest BCUT2D eigenvalue weighted by molar-refractivity contribution is 0.0223. The maximum atomic E-state index is 17.7. The molecule has 5 aromatic rings. The van der Waals surface area contributed by atoms with Crippen LogP contribution >= 0.6 is 23.2 Å². The summed E-state index contributed by atoms with van der Waals surface area (Å²) in [5, 5.41) is 26.0. The monoisotopic (exact) mass is 784 g/mol. The number of halogens is 3. The van der Waals surface area contributed by atoms with E-state index < -0.39 is 17.0 Å². The average molecular weight is 786 g/mol. The molecule has 5 heterocycles. The van der Waals surface area contributed by atoms with Crippen LogP contribution in [0.25, 0.3) is 44.2 Å². The van der Waals surface area contributed by atoms with Gasteiger partial charge in [0.25, 0.3) is 0 Å². The molecule has 7 rings (SSSR count). The highest BCUT2D eigenvalue weighted by Crippen LogP contribution is 2.47. The Balaban J connectivity index is 1.59. The van der Waals surface area contributed by atoms with Crippen molar-refractivity contribution in [3.05, 3.63) is 81.5 Å². The summed E-state index contributed by atoms with van der Waals surface area (Å²) < 4.78 is 25.9. The van der Waals surface area contributed by atoms with Crippen LogP contribution in [0.5, 0.6) is 0 Å². The molecule has 3 aromatic heterocycles. The molecule has 4 atom stereocenters. The van der Waals surface area contributed by atoms with Gasteiger partial charge in [0.15, 0.2) is 5.82 Å². The van der Waals surface area contributed by atoms with Crippen LogP contribution in [0.15, 0.2) is 48.7 Å². The molecule has 0 bridgehead atoms. The van der Waals surface area contributed by atoms with E-state index in [4.69, 9.17) is 32.9 Å². The van der Waals surface area contributed by atoms with Crippen molar-refractivity contribution in [3.8, 4) is 28.5 Å². The number of fused-ring (bicyclic) bond motifs is 3. The number of ether oxygens (including phenoxy) is 1. The number of nitrogens with one attached hydrogen (secondary N) is 1. The Labute approximate surface area is 331 Å². The number of aromatic nitrogens is 3. The number of benzene rings is 2. The van der Waals surface area contributed by atoms with E-state index in [2.05, 4.69) is 40.9 Å². The number of nitriles is 1. The minimum Gasteiger partial charge on any atom is -0.444 e. The first-order valence-corrected chi connectivity index (χ1v) is 19.7. The Kier molecular flexibility index (Phi) is 10.4. The number of aliphatic hydroxyl groups is 1. The predicted molar refractivity (Wildman–Crippen MR) is 216 cm³/mol. The number of nitrogens with zero attached hydrogens (tertiary/aromatic N) is 5. The zero-order chi connectivity index (χ0) is 39.6. The van der Waals surface area contributed by atoms with Gasteiger partial charge in [-0.15, -0.1) is 0 Å². The van der Waals surface area contributed by atoms with Gasteiger partial charge in [-0.05, 0) is 109 Å². The Morgan fingerprint density at radius 1 is 1.13 bits per heavy atom. The fourth-order valence-corrected chi connectivity index (χ4v) is 8.84. The highest BCUT2D eigenvalue weighted by molar-refractivity contribution is 6.43. The van der Waals surface area contributed by atoms with Gasteiger partial charge in [0, 0.05) is 58.4 Å². The molecule has 0 radical (unpaired) electrons. The van der Waals surface area contributed by atoms with E-state index in [1.54, 1.807) is 49.2 Å². The van der Waals surface area contributed by atoms with Crippen molar-refractivity contribution in [2.75, 3.05) is 13.1 Å². The molecule has 2 fully saturated rings. The molecule has 2 N–H and O–H groups in total. The Hall–Kier alpha value is -4.27. The molecule has 288 valence electrons. The van der Waals surface area contributed by atoms with Crippen molar-refractivity contribution in [1.82, 2.24) is 24.8 Å². The fraction of sp³-hybridized carbons (Fsp3) is 0.442. The lowest BCUT2D eigenvalue weighted by Gasteiger charge is -2.31. The third kappa shape index (κ3) is 7.17. The highest BCUT2D eigenvalue weighted by Gasteiger charge is 2.44. The number of aryl methyl sites for hydroxylation is 1. The highest BCUT2D eigenvalue weighted by atomic mass is 35.5. The third-order valence-corrected chi connectivity index (χ3v) is 11.7. The van der Waals surface area contributed by atoms with Crippen molar-refractivity contribution < 1.29 is 19.0 Å². The molecular formula is C43H47Cl2FN6O3. The summed E-state index contributed by atoms with van der Waals surface area (Å²) in [6, 6.07) is 14.6. The summed E-state index contributed by atoms with van der Waals surface area (Å²) in [6.07, 6.45) is 3.63. The van der Waals surface area contributed by atoms with Crippen LogP contribution in [0.4, 0.5) is 9.18 Å². The van der Waals surface area contributed by atoms with Gasteiger partial charge in [0.05, 0.1) is 45.1 Å². The zero-order valence-corrected chi connectivity index (χ0v) is 33.8. The molecule has 0 saturated carbocycles. The van der Waals surface area contributed by atoms with E-state index in [-0.39, 0.29) is 64.1 Å². The number of hydrogen-bond acceptors (Lipinski definition) is 7. The van der Waals surface area contributed by atoms with Crippen LogP contribution in [0.2, 0.25) is 10.0 Å². The maximum Gasteiger partial charge on any atom is 0.410 e. The Morgan fingerprint density at radius 3 is 2.53 bits per heavy atom. The van der Waals surface area contributed by atoms with Crippen LogP contribution < -0.4 is 5.32 Å². The molecule has 2 aliphatic rings. The SMILES string of the molecule is C[C@@H]1CN(C(=O)OC(C)(C)C)[C@H](C)[C@H]1n1c([C@H]2CCCN2)cc2c(-c3ccc(C(C)(C)O)nc3)nc3c(F)c(-c4cccc(Cl)c4Cl)c(CCC#N)cc3c21. The smallest absolute Gasteiger partial charge is 0.410 e.